The second kappa shape index (κ2) is 3.43. The van der Waals surface area contributed by atoms with Crippen LogP contribution in [-0.4, -0.2) is 17.2 Å². The van der Waals surface area contributed by atoms with E-state index < -0.39 is 0 Å². The van der Waals surface area contributed by atoms with Crippen LogP contribution in [0.15, 0.2) is 6.07 Å². The molecule has 3 heteroatoms. The summed E-state index contributed by atoms with van der Waals surface area (Å²) in [6.07, 6.45) is 0.871. The summed E-state index contributed by atoms with van der Waals surface area (Å²) in [5, 5.41) is 9.36. The second-order valence-corrected chi connectivity index (χ2v) is 2.61. The van der Waals surface area contributed by atoms with Crippen LogP contribution < -0.4 is 4.74 Å². The SMILES string of the molecule is CCc1cc(O)c(OC)nc1C. The van der Waals surface area contributed by atoms with Crippen molar-refractivity contribution in [1.82, 2.24) is 4.98 Å². The zero-order valence-electron chi connectivity index (χ0n) is 7.59. The van der Waals surface area contributed by atoms with Crippen LogP contribution in [0.3, 0.4) is 0 Å². The lowest BCUT2D eigenvalue weighted by atomic mass is 10.1. The Kier molecular flexibility index (Phi) is 2.53. The molecule has 0 saturated heterocycles. The first-order valence-electron chi connectivity index (χ1n) is 3.92. The summed E-state index contributed by atoms with van der Waals surface area (Å²) >= 11 is 0. The molecule has 0 aliphatic heterocycles. The van der Waals surface area contributed by atoms with Crippen LogP contribution in [0.4, 0.5) is 0 Å². The normalized spacial score (nSPS) is 9.92. The van der Waals surface area contributed by atoms with Crippen LogP contribution in [0.5, 0.6) is 11.6 Å². The quantitative estimate of drug-likeness (QED) is 0.728. The Labute approximate surface area is 72.0 Å². The number of aryl methyl sites for hydroxylation is 2. The maximum atomic E-state index is 9.36. The van der Waals surface area contributed by atoms with E-state index >= 15 is 0 Å². The first kappa shape index (κ1) is 8.84. The lowest BCUT2D eigenvalue weighted by Gasteiger charge is -2.06. The van der Waals surface area contributed by atoms with Gasteiger partial charge in [0.25, 0.3) is 5.88 Å². The number of aromatic hydroxyl groups is 1. The van der Waals surface area contributed by atoms with Crippen LogP contribution in [0.25, 0.3) is 0 Å². The van der Waals surface area contributed by atoms with Gasteiger partial charge in [0.15, 0.2) is 5.75 Å². The largest absolute Gasteiger partial charge is 0.503 e. The van der Waals surface area contributed by atoms with E-state index in [1.165, 1.54) is 7.11 Å². The van der Waals surface area contributed by atoms with Crippen LogP contribution in [0, 0.1) is 6.92 Å². The Morgan fingerprint density at radius 3 is 2.75 bits per heavy atom. The molecule has 1 aromatic rings. The first-order chi connectivity index (χ1) is 5.69. The average Bonchev–Trinajstić information content (AvgIpc) is 2.08. The van der Waals surface area contributed by atoms with Gasteiger partial charge in [-0.15, -0.1) is 0 Å². The fourth-order valence-corrected chi connectivity index (χ4v) is 1.12. The van der Waals surface area contributed by atoms with Gasteiger partial charge in [-0.05, 0) is 25.0 Å². The maximum Gasteiger partial charge on any atom is 0.256 e. The van der Waals surface area contributed by atoms with E-state index in [-0.39, 0.29) is 5.75 Å². The van der Waals surface area contributed by atoms with Gasteiger partial charge in [0.2, 0.25) is 0 Å². The molecule has 0 unspecified atom stereocenters. The molecule has 1 N–H and O–H groups in total. The summed E-state index contributed by atoms with van der Waals surface area (Å²) in [5.74, 6) is 0.407. The highest BCUT2D eigenvalue weighted by atomic mass is 16.5. The number of hydrogen-bond acceptors (Lipinski definition) is 3. The third-order valence-electron chi connectivity index (χ3n) is 1.84. The molecule has 1 aromatic heterocycles. The Morgan fingerprint density at radius 1 is 1.58 bits per heavy atom. The smallest absolute Gasteiger partial charge is 0.256 e. The molecule has 3 nitrogen and oxygen atoms in total. The van der Waals surface area contributed by atoms with E-state index in [1.54, 1.807) is 6.07 Å². The summed E-state index contributed by atoms with van der Waals surface area (Å²) in [4.78, 5) is 4.09. The number of methoxy groups -OCH3 is 1. The van der Waals surface area contributed by atoms with Crippen molar-refractivity contribution < 1.29 is 9.84 Å². The van der Waals surface area contributed by atoms with E-state index in [0.717, 1.165) is 17.7 Å². The molecule has 0 bridgehead atoms. The highest BCUT2D eigenvalue weighted by molar-refractivity contribution is 5.38. The van der Waals surface area contributed by atoms with Gasteiger partial charge >= 0.3 is 0 Å². The molecule has 0 atom stereocenters. The van der Waals surface area contributed by atoms with Crippen LogP contribution >= 0.6 is 0 Å². The van der Waals surface area contributed by atoms with Crippen LogP contribution in [0.1, 0.15) is 18.2 Å². The molecule has 0 amide bonds. The Hall–Kier alpha value is -1.25. The molecule has 0 aliphatic carbocycles. The molecule has 0 radical (unpaired) electrons. The van der Waals surface area contributed by atoms with Crippen molar-refractivity contribution in [3.63, 3.8) is 0 Å². The summed E-state index contributed by atoms with van der Waals surface area (Å²) in [7, 11) is 1.49. The van der Waals surface area contributed by atoms with Gasteiger partial charge in [0, 0.05) is 5.69 Å². The third-order valence-corrected chi connectivity index (χ3v) is 1.84. The van der Waals surface area contributed by atoms with Gasteiger partial charge in [0.05, 0.1) is 7.11 Å². The molecule has 1 rings (SSSR count). The predicted molar refractivity (Wildman–Crippen MR) is 46.6 cm³/mol. The van der Waals surface area contributed by atoms with E-state index in [1.807, 2.05) is 13.8 Å². The minimum Gasteiger partial charge on any atom is -0.503 e. The van der Waals surface area contributed by atoms with Gasteiger partial charge in [-0.2, -0.15) is 0 Å². The van der Waals surface area contributed by atoms with E-state index in [0.29, 0.717) is 5.88 Å². The van der Waals surface area contributed by atoms with Crippen LogP contribution in [0.2, 0.25) is 0 Å². The summed E-state index contributed by atoms with van der Waals surface area (Å²) in [5.41, 5.74) is 1.96. The van der Waals surface area contributed by atoms with Crippen molar-refractivity contribution in [2.45, 2.75) is 20.3 Å². The maximum absolute atomic E-state index is 9.36. The zero-order valence-corrected chi connectivity index (χ0v) is 7.59. The molecule has 0 aromatic carbocycles. The molecule has 0 spiro atoms. The summed E-state index contributed by atoms with van der Waals surface area (Å²) in [6.45, 7) is 3.93. The van der Waals surface area contributed by atoms with Crippen LogP contribution in [-0.2, 0) is 6.42 Å². The van der Waals surface area contributed by atoms with Crippen molar-refractivity contribution in [3.05, 3.63) is 17.3 Å². The number of hydrogen-bond donors (Lipinski definition) is 1. The van der Waals surface area contributed by atoms with Gasteiger partial charge in [0.1, 0.15) is 0 Å². The highest BCUT2D eigenvalue weighted by Crippen LogP contribution is 2.25. The Morgan fingerprint density at radius 2 is 2.25 bits per heavy atom. The van der Waals surface area contributed by atoms with Gasteiger partial charge < -0.3 is 9.84 Å². The second-order valence-electron chi connectivity index (χ2n) is 2.61. The van der Waals surface area contributed by atoms with E-state index in [4.69, 9.17) is 4.74 Å². The topological polar surface area (TPSA) is 42.4 Å². The molecule has 0 saturated carbocycles. The fourth-order valence-electron chi connectivity index (χ4n) is 1.12. The molecule has 12 heavy (non-hydrogen) atoms. The minimum absolute atomic E-state index is 0.111. The summed E-state index contributed by atoms with van der Waals surface area (Å²) in [6, 6.07) is 1.70. The monoisotopic (exact) mass is 167 g/mol. The Bertz CT molecular complexity index is 254. The number of ether oxygens (including phenoxy) is 1. The number of aromatic nitrogens is 1. The fraction of sp³-hybridized carbons (Fsp3) is 0.444. The Balaban J connectivity index is 3.16. The molecule has 0 aliphatic rings. The average molecular weight is 167 g/mol. The first-order valence-corrected chi connectivity index (χ1v) is 3.92. The van der Waals surface area contributed by atoms with Gasteiger partial charge in [-0.3, -0.25) is 0 Å². The van der Waals surface area contributed by atoms with E-state index in [2.05, 4.69) is 4.98 Å². The lowest BCUT2D eigenvalue weighted by molar-refractivity contribution is 0.357. The number of pyridine rings is 1. The molecular weight excluding hydrogens is 154 g/mol. The van der Waals surface area contributed by atoms with E-state index in [9.17, 15) is 5.11 Å². The van der Waals surface area contributed by atoms with Crippen molar-refractivity contribution in [1.29, 1.82) is 0 Å². The zero-order chi connectivity index (χ0) is 9.14. The van der Waals surface area contributed by atoms with Crippen molar-refractivity contribution >= 4 is 0 Å². The molecule has 66 valence electrons. The van der Waals surface area contributed by atoms with Crippen molar-refractivity contribution in [3.8, 4) is 11.6 Å². The standard InChI is InChI=1S/C9H13NO2/c1-4-7-5-8(11)9(12-3)10-6(7)2/h5,11H,4H2,1-3H3. The summed E-state index contributed by atoms with van der Waals surface area (Å²) < 4.78 is 4.86. The molecule has 0 fully saturated rings. The predicted octanol–water partition coefficient (Wildman–Crippen LogP) is 1.67. The minimum atomic E-state index is 0.111. The van der Waals surface area contributed by atoms with Crippen molar-refractivity contribution in [2.24, 2.45) is 0 Å². The van der Waals surface area contributed by atoms with Crippen molar-refractivity contribution in [2.75, 3.05) is 7.11 Å². The van der Waals surface area contributed by atoms with Gasteiger partial charge in [-0.25, -0.2) is 4.98 Å². The lowest BCUT2D eigenvalue weighted by Crippen LogP contribution is -1.95. The molecular formula is C9H13NO2. The third kappa shape index (κ3) is 1.49. The molecule has 1 heterocycles. The van der Waals surface area contributed by atoms with Gasteiger partial charge in [-0.1, -0.05) is 6.92 Å². The number of nitrogens with zero attached hydrogens (tertiary/aromatic N) is 1. The number of rotatable bonds is 2. The highest BCUT2D eigenvalue weighted by Gasteiger charge is 2.06.